The highest BCUT2D eigenvalue weighted by Gasteiger charge is 2.12. The van der Waals surface area contributed by atoms with Gasteiger partial charge in [0.25, 0.3) is 5.91 Å². The lowest BCUT2D eigenvalue weighted by Crippen LogP contribution is -2.14. The molecule has 0 aliphatic heterocycles. The fourth-order valence-corrected chi connectivity index (χ4v) is 2.34. The van der Waals surface area contributed by atoms with Crippen molar-refractivity contribution in [2.24, 2.45) is 0 Å². The molecule has 28 heavy (non-hydrogen) atoms. The number of amides is 1. The third-order valence-corrected chi connectivity index (χ3v) is 3.74. The Balaban J connectivity index is 1.72. The summed E-state index contributed by atoms with van der Waals surface area (Å²) in [7, 11) is 3.08. The van der Waals surface area contributed by atoms with Crippen LogP contribution in [-0.4, -0.2) is 30.3 Å². The second-order valence-corrected chi connectivity index (χ2v) is 5.58. The van der Waals surface area contributed by atoms with Crippen molar-refractivity contribution >= 4 is 23.1 Å². The highest BCUT2D eigenvalue weighted by Crippen LogP contribution is 2.30. The van der Waals surface area contributed by atoms with Gasteiger partial charge in [0, 0.05) is 17.8 Å². The van der Waals surface area contributed by atoms with Gasteiger partial charge in [0.1, 0.15) is 11.5 Å². The summed E-state index contributed by atoms with van der Waals surface area (Å²) in [4.78, 5) is 12.2. The number of aromatic nitrogens is 2. The third-order valence-electron chi connectivity index (χ3n) is 3.74. The van der Waals surface area contributed by atoms with E-state index in [0.29, 0.717) is 23.0 Å². The van der Waals surface area contributed by atoms with Gasteiger partial charge < -0.3 is 20.1 Å². The molecular formula is C19H16F2N4O3. The molecule has 0 radical (unpaired) electrons. The standard InChI is InChI=1S/C19H16F2N4O3/c1-27-12-4-7-17(28-2)16(10-12)23-18-8-6-15(24-25-18)19(26)22-11-3-5-13(20)14(21)9-11/h3-10H,1-2H3,(H,22,26)(H,23,25). The first-order valence-electron chi connectivity index (χ1n) is 8.09. The molecule has 9 heteroatoms. The van der Waals surface area contributed by atoms with Crippen molar-refractivity contribution < 1.29 is 23.0 Å². The van der Waals surface area contributed by atoms with E-state index in [4.69, 9.17) is 9.47 Å². The molecule has 2 N–H and O–H groups in total. The number of methoxy groups -OCH3 is 2. The van der Waals surface area contributed by atoms with Gasteiger partial charge in [-0.3, -0.25) is 4.79 Å². The van der Waals surface area contributed by atoms with Gasteiger partial charge in [-0.05, 0) is 36.4 Å². The summed E-state index contributed by atoms with van der Waals surface area (Å²) in [5.41, 5.74) is 0.719. The smallest absolute Gasteiger partial charge is 0.276 e. The molecule has 1 heterocycles. The van der Waals surface area contributed by atoms with Gasteiger partial charge in [-0.15, -0.1) is 10.2 Å². The van der Waals surface area contributed by atoms with E-state index in [9.17, 15) is 13.6 Å². The lowest BCUT2D eigenvalue weighted by molar-refractivity contribution is 0.102. The second-order valence-electron chi connectivity index (χ2n) is 5.58. The van der Waals surface area contributed by atoms with E-state index in [2.05, 4.69) is 20.8 Å². The normalized spacial score (nSPS) is 10.3. The van der Waals surface area contributed by atoms with Crippen LogP contribution in [0.2, 0.25) is 0 Å². The Morgan fingerprint density at radius 1 is 0.929 bits per heavy atom. The Morgan fingerprint density at radius 3 is 2.39 bits per heavy atom. The van der Waals surface area contributed by atoms with Crippen LogP contribution in [0.25, 0.3) is 0 Å². The minimum absolute atomic E-state index is 0.00731. The predicted octanol–water partition coefficient (Wildman–Crippen LogP) is 3.77. The van der Waals surface area contributed by atoms with E-state index in [1.54, 1.807) is 31.4 Å². The number of halogens is 2. The molecule has 0 spiro atoms. The monoisotopic (exact) mass is 386 g/mol. The molecule has 0 aliphatic rings. The Hall–Kier alpha value is -3.75. The number of hydrogen-bond acceptors (Lipinski definition) is 6. The molecule has 0 bridgehead atoms. The summed E-state index contributed by atoms with van der Waals surface area (Å²) in [6.45, 7) is 0. The van der Waals surface area contributed by atoms with Gasteiger partial charge in [0.05, 0.1) is 19.9 Å². The SMILES string of the molecule is COc1ccc(OC)c(Nc2ccc(C(=O)Nc3ccc(F)c(F)c3)nn2)c1. The highest BCUT2D eigenvalue weighted by molar-refractivity contribution is 6.02. The van der Waals surface area contributed by atoms with Crippen LogP contribution < -0.4 is 20.1 Å². The molecular weight excluding hydrogens is 370 g/mol. The average molecular weight is 386 g/mol. The van der Waals surface area contributed by atoms with Gasteiger partial charge in [0.15, 0.2) is 23.1 Å². The summed E-state index contributed by atoms with van der Waals surface area (Å²) in [6, 6.07) is 11.2. The first-order valence-corrected chi connectivity index (χ1v) is 8.09. The van der Waals surface area contributed by atoms with Crippen LogP contribution in [0, 0.1) is 11.6 Å². The molecule has 0 aliphatic carbocycles. The van der Waals surface area contributed by atoms with E-state index in [-0.39, 0.29) is 11.4 Å². The van der Waals surface area contributed by atoms with Crippen LogP contribution >= 0.6 is 0 Å². The molecule has 3 aromatic rings. The summed E-state index contributed by atoms with van der Waals surface area (Å²) in [5.74, 6) is -1.10. The zero-order valence-electron chi connectivity index (χ0n) is 15.0. The Morgan fingerprint density at radius 2 is 1.75 bits per heavy atom. The molecule has 1 amide bonds. The number of ether oxygens (including phenoxy) is 2. The largest absolute Gasteiger partial charge is 0.497 e. The van der Waals surface area contributed by atoms with Crippen LogP contribution in [0.3, 0.4) is 0 Å². The zero-order valence-corrected chi connectivity index (χ0v) is 15.0. The number of nitrogens with one attached hydrogen (secondary N) is 2. The van der Waals surface area contributed by atoms with Crippen molar-refractivity contribution in [2.75, 3.05) is 24.9 Å². The number of carbonyl (C=O) groups is 1. The van der Waals surface area contributed by atoms with Gasteiger partial charge in [-0.2, -0.15) is 0 Å². The Labute approximate surface area is 159 Å². The number of rotatable bonds is 6. The Bertz CT molecular complexity index is 997. The van der Waals surface area contributed by atoms with Gasteiger partial charge in [-0.1, -0.05) is 0 Å². The first-order chi connectivity index (χ1) is 13.5. The quantitative estimate of drug-likeness (QED) is 0.671. The number of carbonyl (C=O) groups excluding carboxylic acids is 1. The van der Waals surface area contributed by atoms with Crippen molar-refractivity contribution in [1.82, 2.24) is 10.2 Å². The van der Waals surface area contributed by atoms with E-state index < -0.39 is 17.5 Å². The molecule has 0 fully saturated rings. The number of benzene rings is 2. The highest BCUT2D eigenvalue weighted by atomic mass is 19.2. The van der Waals surface area contributed by atoms with E-state index >= 15 is 0 Å². The molecule has 7 nitrogen and oxygen atoms in total. The molecule has 2 aromatic carbocycles. The predicted molar refractivity (Wildman–Crippen MR) is 99.2 cm³/mol. The Kier molecular flexibility index (Phi) is 5.64. The van der Waals surface area contributed by atoms with Crippen molar-refractivity contribution in [2.45, 2.75) is 0 Å². The maximum atomic E-state index is 13.2. The van der Waals surface area contributed by atoms with Gasteiger partial charge in [0.2, 0.25) is 0 Å². The number of nitrogens with zero attached hydrogens (tertiary/aromatic N) is 2. The van der Waals surface area contributed by atoms with Gasteiger partial charge in [-0.25, -0.2) is 8.78 Å². The molecule has 0 atom stereocenters. The van der Waals surface area contributed by atoms with Crippen LogP contribution in [-0.2, 0) is 0 Å². The minimum Gasteiger partial charge on any atom is -0.497 e. The maximum absolute atomic E-state index is 13.2. The van der Waals surface area contributed by atoms with Crippen molar-refractivity contribution in [3.63, 3.8) is 0 Å². The van der Waals surface area contributed by atoms with Crippen molar-refractivity contribution in [1.29, 1.82) is 0 Å². The molecule has 0 unspecified atom stereocenters. The first kappa shape index (κ1) is 19.0. The molecule has 0 saturated heterocycles. The van der Waals surface area contributed by atoms with Crippen LogP contribution in [0.15, 0.2) is 48.5 Å². The van der Waals surface area contributed by atoms with Crippen LogP contribution in [0.5, 0.6) is 11.5 Å². The minimum atomic E-state index is -1.06. The van der Waals surface area contributed by atoms with Crippen LogP contribution in [0.4, 0.5) is 26.0 Å². The average Bonchev–Trinajstić information content (AvgIpc) is 2.71. The van der Waals surface area contributed by atoms with Crippen LogP contribution in [0.1, 0.15) is 10.5 Å². The summed E-state index contributed by atoms with van der Waals surface area (Å²) >= 11 is 0. The number of anilines is 3. The lowest BCUT2D eigenvalue weighted by atomic mass is 10.2. The fourth-order valence-electron chi connectivity index (χ4n) is 2.34. The van der Waals surface area contributed by atoms with E-state index in [0.717, 1.165) is 12.1 Å². The van der Waals surface area contributed by atoms with Gasteiger partial charge >= 0.3 is 0 Å². The van der Waals surface area contributed by atoms with Crippen molar-refractivity contribution in [3.8, 4) is 11.5 Å². The maximum Gasteiger partial charge on any atom is 0.276 e. The number of hydrogen-bond donors (Lipinski definition) is 2. The zero-order chi connectivity index (χ0) is 20.1. The molecule has 0 saturated carbocycles. The third kappa shape index (κ3) is 4.32. The topological polar surface area (TPSA) is 85.4 Å². The van der Waals surface area contributed by atoms with Crippen molar-refractivity contribution in [3.05, 3.63) is 65.9 Å². The molecule has 144 valence electrons. The second kappa shape index (κ2) is 8.30. The van der Waals surface area contributed by atoms with E-state index in [1.165, 1.54) is 19.2 Å². The van der Waals surface area contributed by atoms with E-state index in [1.807, 2.05) is 0 Å². The lowest BCUT2D eigenvalue weighted by Gasteiger charge is -2.12. The molecule has 3 rings (SSSR count). The summed E-state index contributed by atoms with van der Waals surface area (Å²) < 4.78 is 36.6. The summed E-state index contributed by atoms with van der Waals surface area (Å²) in [6.07, 6.45) is 0. The molecule has 1 aromatic heterocycles. The fraction of sp³-hybridized carbons (Fsp3) is 0.105. The summed E-state index contributed by atoms with van der Waals surface area (Å²) in [5, 5.41) is 13.2.